The molecule has 1 saturated heterocycles. The second-order valence-corrected chi connectivity index (χ2v) is 18.6. The first-order chi connectivity index (χ1) is 22.4. The predicted molar refractivity (Wildman–Crippen MR) is 187 cm³/mol. The highest BCUT2D eigenvalue weighted by molar-refractivity contribution is 5.77. The molecule has 6 fully saturated rings. The quantitative estimate of drug-likeness (QED) is 0.211. The monoisotopic (exact) mass is 670 g/mol. The summed E-state index contributed by atoms with van der Waals surface area (Å²) < 4.78 is 18.6. The molecule has 5 saturated carbocycles. The van der Waals surface area contributed by atoms with Crippen molar-refractivity contribution < 1.29 is 28.9 Å². The van der Waals surface area contributed by atoms with Gasteiger partial charge in [0.15, 0.2) is 6.29 Å². The van der Waals surface area contributed by atoms with E-state index in [0.717, 1.165) is 37.8 Å². The molecule has 1 amide bonds. The van der Waals surface area contributed by atoms with E-state index in [9.17, 15) is 14.7 Å². The van der Waals surface area contributed by atoms with Gasteiger partial charge in [-0.15, -0.1) is 0 Å². The highest BCUT2D eigenvalue weighted by Crippen LogP contribution is 2.89. The molecule has 0 aromatic carbocycles. The number of morpholine rings is 1. The number of ether oxygens (including phenoxy) is 3. The van der Waals surface area contributed by atoms with E-state index in [1.165, 1.54) is 45.4 Å². The molecule has 8 heteroatoms. The third-order valence-corrected chi connectivity index (χ3v) is 15.8. The Morgan fingerprint density at radius 1 is 1.00 bits per heavy atom. The van der Waals surface area contributed by atoms with Crippen molar-refractivity contribution >= 4 is 11.9 Å². The summed E-state index contributed by atoms with van der Waals surface area (Å²) in [4.78, 5) is 28.0. The number of aliphatic hydroxyl groups is 1. The van der Waals surface area contributed by atoms with Crippen molar-refractivity contribution in [3.63, 3.8) is 0 Å². The molecule has 0 bridgehead atoms. The lowest BCUT2D eigenvalue weighted by molar-refractivity contribution is -0.247. The van der Waals surface area contributed by atoms with Crippen LogP contribution in [0.5, 0.6) is 0 Å². The van der Waals surface area contributed by atoms with Crippen LogP contribution in [0.15, 0.2) is 12.2 Å². The SMILES string of the molecule is C=C(C)C(CCC(C)C1C(O)CC2(C)C3CCC4C(C)(C)C(OC5CN(CC(=O)N(C)C)CCO5)CCC45CC35CCC12C)OC(C)=O. The Kier molecular flexibility index (Phi) is 9.56. The number of carbonyl (C=O) groups excluding carboxylic acids is 2. The van der Waals surface area contributed by atoms with Gasteiger partial charge >= 0.3 is 5.97 Å². The number of carbonyl (C=O) groups is 2. The Hall–Kier alpha value is -1.48. The van der Waals surface area contributed by atoms with Crippen molar-refractivity contribution in [1.29, 1.82) is 0 Å². The standard InChI is InChI=1S/C40H66N2O6/c1-25(2)29(47-27(4)43)12-11-26(3)35-28(44)21-38(8)31-14-13-30-36(5,6)32(15-16-39(30)24-40(31,39)18-17-37(35,38)7)48-34-23-42(19-20-46-34)22-33(45)41(9)10/h26,28-32,34-35,44H,1,11-24H2,2-10H3. The lowest BCUT2D eigenvalue weighted by Crippen LogP contribution is -2.58. The molecule has 6 aliphatic rings. The van der Waals surface area contributed by atoms with Crippen LogP contribution < -0.4 is 0 Å². The van der Waals surface area contributed by atoms with E-state index in [1.54, 1.807) is 4.90 Å². The molecule has 1 aliphatic heterocycles. The molecule has 2 spiro atoms. The molecule has 8 nitrogen and oxygen atoms in total. The lowest BCUT2D eigenvalue weighted by Gasteiger charge is -2.63. The molecule has 1 heterocycles. The van der Waals surface area contributed by atoms with Gasteiger partial charge < -0.3 is 24.2 Å². The van der Waals surface area contributed by atoms with Crippen molar-refractivity contribution in [3.05, 3.63) is 12.2 Å². The summed E-state index contributed by atoms with van der Waals surface area (Å²) in [7, 11) is 3.62. The molecule has 0 radical (unpaired) electrons. The molecule has 0 aromatic rings. The van der Waals surface area contributed by atoms with Crippen LogP contribution in [0.2, 0.25) is 0 Å². The van der Waals surface area contributed by atoms with E-state index in [2.05, 4.69) is 46.1 Å². The Morgan fingerprint density at radius 2 is 1.69 bits per heavy atom. The van der Waals surface area contributed by atoms with Gasteiger partial charge in [-0.2, -0.15) is 0 Å². The Balaban J connectivity index is 1.14. The van der Waals surface area contributed by atoms with Crippen LogP contribution in [-0.4, -0.2) is 91.7 Å². The van der Waals surface area contributed by atoms with Gasteiger partial charge in [-0.25, -0.2) is 0 Å². The summed E-state index contributed by atoms with van der Waals surface area (Å²) >= 11 is 0. The number of amides is 1. The van der Waals surface area contributed by atoms with Crippen LogP contribution >= 0.6 is 0 Å². The zero-order valence-electron chi connectivity index (χ0n) is 31.6. The second-order valence-electron chi connectivity index (χ2n) is 18.6. The number of aliphatic hydroxyl groups excluding tert-OH is 1. The number of nitrogens with zero attached hydrogens (tertiary/aromatic N) is 2. The zero-order valence-corrected chi connectivity index (χ0v) is 31.6. The lowest BCUT2D eigenvalue weighted by atomic mass is 9.41. The van der Waals surface area contributed by atoms with E-state index in [0.29, 0.717) is 48.3 Å². The molecular formula is C40H66N2O6. The number of hydrogen-bond acceptors (Lipinski definition) is 7. The maximum absolute atomic E-state index is 12.4. The molecule has 6 rings (SSSR count). The molecule has 12 unspecified atom stereocenters. The third-order valence-electron chi connectivity index (χ3n) is 15.8. The van der Waals surface area contributed by atoms with Crippen LogP contribution in [-0.2, 0) is 23.8 Å². The first-order valence-electron chi connectivity index (χ1n) is 19.1. The van der Waals surface area contributed by atoms with Gasteiger partial charge in [0.05, 0.1) is 31.9 Å². The van der Waals surface area contributed by atoms with Gasteiger partial charge in [0.2, 0.25) is 5.91 Å². The maximum atomic E-state index is 12.4. The Morgan fingerprint density at radius 3 is 2.35 bits per heavy atom. The molecule has 0 aromatic heterocycles. The minimum atomic E-state index is -0.293. The van der Waals surface area contributed by atoms with Crippen molar-refractivity contribution in [2.75, 3.05) is 40.3 Å². The van der Waals surface area contributed by atoms with E-state index in [4.69, 9.17) is 14.2 Å². The van der Waals surface area contributed by atoms with Gasteiger partial charge in [0.1, 0.15) is 6.10 Å². The number of esters is 1. The number of hydrogen-bond donors (Lipinski definition) is 1. The molecule has 272 valence electrons. The summed E-state index contributed by atoms with van der Waals surface area (Å²) in [5, 5.41) is 11.9. The second kappa shape index (κ2) is 12.6. The molecule has 48 heavy (non-hydrogen) atoms. The fraction of sp³-hybridized carbons (Fsp3) is 0.900. The predicted octanol–water partition coefficient (Wildman–Crippen LogP) is 6.45. The normalized spacial score (nSPS) is 44.3. The zero-order chi connectivity index (χ0) is 35.0. The van der Waals surface area contributed by atoms with Gasteiger partial charge in [-0.1, -0.05) is 41.2 Å². The van der Waals surface area contributed by atoms with Gasteiger partial charge in [-0.05, 0) is 127 Å². The fourth-order valence-corrected chi connectivity index (χ4v) is 13.3. The van der Waals surface area contributed by atoms with Gasteiger partial charge in [0, 0.05) is 27.6 Å². The van der Waals surface area contributed by atoms with Gasteiger partial charge in [-0.3, -0.25) is 14.5 Å². The first kappa shape index (κ1) is 36.3. The smallest absolute Gasteiger partial charge is 0.303 e. The van der Waals surface area contributed by atoms with Crippen LogP contribution in [0.3, 0.4) is 0 Å². The molecule has 1 N–H and O–H groups in total. The fourth-order valence-electron chi connectivity index (χ4n) is 13.3. The van der Waals surface area contributed by atoms with E-state index in [1.807, 2.05) is 21.0 Å². The minimum absolute atomic E-state index is 0.0491. The summed E-state index contributed by atoms with van der Waals surface area (Å²) in [5.74, 6) is 1.73. The van der Waals surface area contributed by atoms with Crippen molar-refractivity contribution in [2.24, 2.45) is 50.7 Å². The average molecular weight is 671 g/mol. The first-order valence-corrected chi connectivity index (χ1v) is 19.1. The number of rotatable bonds is 10. The van der Waals surface area contributed by atoms with E-state index in [-0.39, 0.29) is 58.6 Å². The van der Waals surface area contributed by atoms with Crippen LogP contribution in [0.25, 0.3) is 0 Å². The molecule has 5 aliphatic carbocycles. The Bertz CT molecular complexity index is 1270. The van der Waals surface area contributed by atoms with Crippen LogP contribution in [0, 0.1) is 50.7 Å². The van der Waals surface area contributed by atoms with Crippen molar-refractivity contribution in [3.8, 4) is 0 Å². The van der Waals surface area contributed by atoms with Gasteiger partial charge in [0.25, 0.3) is 0 Å². The summed E-state index contributed by atoms with van der Waals surface area (Å²) in [5.41, 5.74) is 1.91. The van der Waals surface area contributed by atoms with E-state index < -0.39 is 0 Å². The highest BCUT2D eigenvalue weighted by Gasteiger charge is 2.82. The minimum Gasteiger partial charge on any atom is -0.458 e. The van der Waals surface area contributed by atoms with Crippen LogP contribution in [0.4, 0.5) is 0 Å². The van der Waals surface area contributed by atoms with E-state index >= 15 is 0 Å². The molecule has 12 atom stereocenters. The van der Waals surface area contributed by atoms with Crippen molar-refractivity contribution in [2.45, 2.75) is 137 Å². The van der Waals surface area contributed by atoms with Crippen molar-refractivity contribution in [1.82, 2.24) is 9.80 Å². The molecular weight excluding hydrogens is 604 g/mol. The maximum Gasteiger partial charge on any atom is 0.303 e. The largest absolute Gasteiger partial charge is 0.458 e. The summed E-state index contributed by atoms with van der Waals surface area (Å²) in [6.07, 6.45) is 10.5. The third kappa shape index (κ3) is 5.62. The summed E-state index contributed by atoms with van der Waals surface area (Å²) in [6, 6.07) is 0. The number of likely N-dealkylation sites (N-methyl/N-ethyl adjacent to an activating group) is 1. The average Bonchev–Trinajstić information content (AvgIpc) is 3.61. The highest BCUT2D eigenvalue weighted by atomic mass is 16.7. The van der Waals surface area contributed by atoms with Crippen LogP contribution in [0.1, 0.15) is 113 Å². The number of fused-ring (bicyclic) bond motifs is 2. The topological polar surface area (TPSA) is 88.5 Å². The summed E-state index contributed by atoms with van der Waals surface area (Å²) in [6.45, 7) is 22.3. The Labute approximate surface area is 290 Å².